The van der Waals surface area contributed by atoms with Crippen LogP contribution in [0.25, 0.3) is 6.08 Å². The predicted molar refractivity (Wildman–Crippen MR) is 104 cm³/mol. The maximum Gasteiger partial charge on any atom is 0.282 e. The van der Waals surface area contributed by atoms with Gasteiger partial charge in [0.25, 0.3) is 5.91 Å². The fourth-order valence-electron chi connectivity index (χ4n) is 2.79. The van der Waals surface area contributed by atoms with Crippen LogP contribution in [0.5, 0.6) is 0 Å². The van der Waals surface area contributed by atoms with Gasteiger partial charge in [-0.3, -0.25) is 14.7 Å². The number of benzene rings is 2. The molecule has 0 unspecified atom stereocenters. The van der Waals surface area contributed by atoms with E-state index < -0.39 is 5.82 Å². The predicted octanol–water partition coefficient (Wildman–Crippen LogP) is 4.71. The summed E-state index contributed by atoms with van der Waals surface area (Å²) in [5.74, 6) is -0.554. The molecule has 0 radical (unpaired) electrons. The number of anilines is 1. The molecule has 0 spiro atoms. The van der Waals surface area contributed by atoms with Crippen LogP contribution in [-0.4, -0.2) is 16.7 Å². The van der Waals surface area contributed by atoms with Crippen molar-refractivity contribution in [2.45, 2.75) is 0 Å². The van der Waals surface area contributed by atoms with Gasteiger partial charge >= 0.3 is 0 Å². The van der Waals surface area contributed by atoms with Crippen molar-refractivity contribution in [2.24, 2.45) is 4.99 Å². The van der Waals surface area contributed by atoms with Gasteiger partial charge in [-0.05, 0) is 60.2 Å². The Kier molecular flexibility index (Phi) is 4.52. The largest absolute Gasteiger partial charge is 0.282 e. The Morgan fingerprint density at radius 3 is 2.37 bits per heavy atom. The minimum atomic E-state index is -0.451. The first-order chi connectivity index (χ1) is 13.1. The van der Waals surface area contributed by atoms with Crippen molar-refractivity contribution in [3.05, 3.63) is 101 Å². The van der Waals surface area contributed by atoms with Gasteiger partial charge in [0, 0.05) is 17.4 Å². The zero-order valence-electron chi connectivity index (χ0n) is 14.0. The van der Waals surface area contributed by atoms with E-state index in [1.54, 1.807) is 73.1 Å². The molecular formula is C21H13ClFN3O. The summed E-state index contributed by atoms with van der Waals surface area (Å²) in [6.07, 6.45) is 4.91. The average Bonchev–Trinajstić information content (AvgIpc) is 3.00. The molecule has 132 valence electrons. The zero-order chi connectivity index (χ0) is 18.8. The summed E-state index contributed by atoms with van der Waals surface area (Å²) < 4.78 is 14.4. The number of carbonyl (C=O) groups excluding carboxylic acids is 1. The lowest BCUT2D eigenvalue weighted by Crippen LogP contribution is -2.33. The van der Waals surface area contributed by atoms with E-state index in [1.807, 2.05) is 0 Å². The van der Waals surface area contributed by atoms with Crippen LogP contribution < -0.4 is 4.90 Å². The minimum absolute atomic E-state index is 0.217. The lowest BCUT2D eigenvalue weighted by atomic mass is 10.1. The van der Waals surface area contributed by atoms with Crippen LogP contribution in [0.3, 0.4) is 0 Å². The number of halogens is 2. The van der Waals surface area contributed by atoms with Crippen LogP contribution in [0, 0.1) is 5.82 Å². The SMILES string of the molecule is O=C1/C(=C\c2ccncc2)N=C(c2ccccc2F)N1c1ccc(Cl)cc1. The van der Waals surface area contributed by atoms with Crippen molar-refractivity contribution < 1.29 is 9.18 Å². The topological polar surface area (TPSA) is 45.6 Å². The van der Waals surface area contributed by atoms with Crippen molar-refractivity contribution in [1.29, 1.82) is 0 Å². The zero-order valence-corrected chi connectivity index (χ0v) is 14.8. The Balaban J connectivity index is 1.85. The van der Waals surface area contributed by atoms with Crippen LogP contribution in [0.2, 0.25) is 5.02 Å². The number of rotatable bonds is 3. The number of amides is 1. The number of nitrogens with zero attached hydrogens (tertiary/aromatic N) is 3. The van der Waals surface area contributed by atoms with Gasteiger partial charge in [-0.25, -0.2) is 9.38 Å². The Hall–Kier alpha value is -3.31. The molecule has 2 heterocycles. The number of carbonyl (C=O) groups is 1. The Morgan fingerprint density at radius 2 is 1.67 bits per heavy atom. The van der Waals surface area contributed by atoms with Crippen molar-refractivity contribution in [3.63, 3.8) is 0 Å². The van der Waals surface area contributed by atoms with Crippen LogP contribution in [-0.2, 0) is 4.79 Å². The Bertz CT molecular complexity index is 1060. The summed E-state index contributed by atoms with van der Waals surface area (Å²) in [4.78, 5) is 22.9. The molecule has 27 heavy (non-hydrogen) atoms. The molecule has 1 aliphatic heterocycles. The molecule has 6 heteroatoms. The number of aliphatic imine (C=N–C) groups is 1. The number of hydrogen-bond donors (Lipinski definition) is 0. The van der Waals surface area contributed by atoms with Crippen LogP contribution in [0.15, 0.2) is 83.7 Å². The van der Waals surface area contributed by atoms with Gasteiger partial charge in [-0.15, -0.1) is 0 Å². The van der Waals surface area contributed by atoms with Gasteiger partial charge in [-0.1, -0.05) is 23.7 Å². The fourth-order valence-corrected chi connectivity index (χ4v) is 2.91. The second-order valence-corrected chi connectivity index (χ2v) is 6.28. The molecule has 0 fully saturated rings. The van der Waals surface area contributed by atoms with E-state index in [1.165, 1.54) is 11.0 Å². The summed E-state index contributed by atoms with van der Waals surface area (Å²) in [5, 5.41) is 0.544. The first-order valence-electron chi connectivity index (χ1n) is 8.19. The monoisotopic (exact) mass is 377 g/mol. The summed E-state index contributed by atoms with van der Waals surface area (Å²) in [7, 11) is 0. The third-order valence-electron chi connectivity index (χ3n) is 4.07. The van der Waals surface area contributed by atoms with Gasteiger partial charge in [0.1, 0.15) is 11.5 Å². The first kappa shape index (κ1) is 17.1. The first-order valence-corrected chi connectivity index (χ1v) is 8.56. The van der Waals surface area contributed by atoms with Crippen molar-refractivity contribution in [3.8, 4) is 0 Å². The Morgan fingerprint density at radius 1 is 0.963 bits per heavy atom. The molecule has 1 aliphatic rings. The van der Waals surface area contributed by atoms with E-state index in [4.69, 9.17) is 11.6 Å². The van der Waals surface area contributed by atoms with E-state index in [9.17, 15) is 9.18 Å². The van der Waals surface area contributed by atoms with Gasteiger partial charge in [0.05, 0.1) is 11.3 Å². The molecule has 4 nitrogen and oxygen atoms in total. The quantitative estimate of drug-likeness (QED) is 0.620. The van der Waals surface area contributed by atoms with Gasteiger partial charge in [0.2, 0.25) is 0 Å². The molecule has 0 N–H and O–H groups in total. The molecule has 1 amide bonds. The highest BCUT2D eigenvalue weighted by atomic mass is 35.5. The molecule has 2 aromatic carbocycles. The molecular weight excluding hydrogens is 365 g/mol. The van der Waals surface area contributed by atoms with Crippen LogP contribution in [0.4, 0.5) is 10.1 Å². The van der Waals surface area contributed by atoms with E-state index >= 15 is 0 Å². The highest BCUT2D eigenvalue weighted by Gasteiger charge is 2.33. The van der Waals surface area contributed by atoms with Crippen molar-refractivity contribution in [2.75, 3.05) is 4.90 Å². The van der Waals surface area contributed by atoms with Gasteiger partial charge < -0.3 is 0 Å². The van der Waals surface area contributed by atoms with Crippen molar-refractivity contribution in [1.82, 2.24) is 4.98 Å². The van der Waals surface area contributed by atoms with E-state index in [0.29, 0.717) is 10.7 Å². The van der Waals surface area contributed by atoms with E-state index in [2.05, 4.69) is 9.98 Å². The van der Waals surface area contributed by atoms with E-state index in [0.717, 1.165) is 5.56 Å². The maximum absolute atomic E-state index is 14.4. The molecule has 1 aromatic heterocycles. The molecule has 0 bridgehead atoms. The molecule has 0 saturated heterocycles. The lowest BCUT2D eigenvalue weighted by Gasteiger charge is -2.18. The number of hydrogen-bond acceptors (Lipinski definition) is 3. The second kappa shape index (κ2) is 7.13. The fraction of sp³-hybridized carbons (Fsp3) is 0. The summed E-state index contributed by atoms with van der Waals surface area (Å²) in [6.45, 7) is 0. The van der Waals surface area contributed by atoms with Gasteiger partial charge in [-0.2, -0.15) is 0 Å². The third kappa shape index (κ3) is 3.37. The maximum atomic E-state index is 14.4. The molecule has 0 saturated carbocycles. The summed E-state index contributed by atoms with van der Waals surface area (Å²) in [5.41, 5.74) is 1.81. The Labute approximate surface area is 160 Å². The molecule has 4 rings (SSSR count). The standard InChI is InChI=1S/C21H13ClFN3O/c22-15-5-7-16(8-6-15)26-20(17-3-1-2-4-18(17)23)25-19(21(26)27)13-14-9-11-24-12-10-14/h1-13H/b19-13+. The normalized spacial score (nSPS) is 15.3. The molecule has 0 atom stereocenters. The highest BCUT2D eigenvalue weighted by molar-refractivity contribution is 6.34. The van der Waals surface area contributed by atoms with E-state index in [-0.39, 0.29) is 23.0 Å². The number of amidine groups is 1. The molecule has 0 aliphatic carbocycles. The van der Waals surface area contributed by atoms with Crippen LogP contribution >= 0.6 is 11.6 Å². The number of pyridine rings is 1. The van der Waals surface area contributed by atoms with Crippen molar-refractivity contribution >= 4 is 35.1 Å². The van der Waals surface area contributed by atoms with Crippen LogP contribution in [0.1, 0.15) is 11.1 Å². The highest BCUT2D eigenvalue weighted by Crippen LogP contribution is 2.29. The summed E-state index contributed by atoms with van der Waals surface area (Å²) >= 11 is 5.96. The van der Waals surface area contributed by atoms with Gasteiger partial charge in [0.15, 0.2) is 5.84 Å². The number of aromatic nitrogens is 1. The smallest absolute Gasteiger partial charge is 0.266 e. The third-order valence-corrected chi connectivity index (χ3v) is 4.32. The molecule has 3 aromatic rings. The summed E-state index contributed by atoms with van der Waals surface area (Å²) in [6, 6.07) is 16.5. The average molecular weight is 378 g/mol. The minimum Gasteiger partial charge on any atom is -0.266 e. The lowest BCUT2D eigenvalue weighted by molar-refractivity contribution is -0.113. The second-order valence-electron chi connectivity index (χ2n) is 5.84.